The van der Waals surface area contributed by atoms with Gasteiger partial charge in [0.1, 0.15) is 0 Å². The van der Waals surface area contributed by atoms with Gasteiger partial charge in [0.2, 0.25) is 0 Å². The Morgan fingerprint density at radius 2 is 1.75 bits per heavy atom. The van der Waals surface area contributed by atoms with E-state index in [9.17, 15) is 0 Å². The van der Waals surface area contributed by atoms with Crippen LogP contribution in [0, 0.1) is 0 Å². The summed E-state index contributed by atoms with van der Waals surface area (Å²) >= 11 is 4.87. The molecule has 0 aromatic carbocycles. The summed E-state index contributed by atoms with van der Waals surface area (Å²) in [5, 5.41) is 8.42. The van der Waals surface area contributed by atoms with E-state index >= 15 is 0 Å². The monoisotopic (exact) mass is 520 g/mol. The van der Waals surface area contributed by atoms with Crippen molar-refractivity contribution < 1.29 is 12.9 Å². The van der Waals surface area contributed by atoms with E-state index in [1.54, 1.807) is 0 Å². The zero-order chi connectivity index (χ0) is 9.69. The first kappa shape index (κ1) is 14.1. The summed E-state index contributed by atoms with van der Waals surface area (Å²) in [6.07, 6.45) is 0. The van der Waals surface area contributed by atoms with Gasteiger partial charge in [0, 0.05) is 0 Å². The van der Waals surface area contributed by atoms with Gasteiger partial charge in [-0.3, -0.25) is 0 Å². The Labute approximate surface area is 94.6 Å². The van der Waals surface area contributed by atoms with Crippen LogP contribution in [0.3, 0.4) is 0 Å². The Kier molecular flexibility index (Phi) is 6.92. The van der Waals surface area contributed by atoms with Crippen molar-refractivity contribution in [3.8, 4) is 0 Å². The molecule has 6 heteroatoms. The summed E-state index contributed by atoms with van der Waals surface area (Å²) in [6.45, 7) is 1.71. The van der Waals surface area contributed by atoms with Crippen molar-refractivity contribution in [1.29, 1.82) is 0 Å². The van der Waals surface area contributed by atoms with Crippen molar-refractivity contribution in [2.24, 2.45) is 0 Å². The van der Waals surface area contributed by atoms with Crippen LogP contribution in [0.25, 0.3) is 0 Å². The van der Waals surface area contributed by atoms with Gasteiger partial charge in [0.25, 0.3) is 0 Å². The quantitative estimate of drug-likeness (QED) is 0.332. The first-order valence-corrected chi connectivity index (χ1v) is 24.6. The molecule has 0 heterocycles. The molecule has 0 amide bonds. The van der Waals surface area contributed by atoms with Crippen LogP contribution in [-0.2, 0) is 7.84 Å². The van der Waals surface area contributed by atoms with Crippen LogP contribution in [0.4, 0.5) is 0 Å². The van der Waals surface area contributed by atoms with Crippen molar-refractivity contribution >= 4 is 46.7 Å². The first-order chi connectivity index (χ1) is 5.31. The second-order valence-electron chi connectivity index (χ2n) is 2.86. The van der Waals surface area contributed by atoms with Crippen molar-refractivity contribution in [2.45, 2.75) is 9.94 Å². The van der Waals surface area contributed by atoms with Crippen LogP contribution in [-0.4, -0.2) is 40.9 Å². The van der Waals surface area contributed by atoms with Gasteiger partial charge in [0.15, 0.2) is 0 Å². The number of rotatable bonds is 6. The molecule has 0 fully saturated rings. The topological polar surface area (TPSA) is 38.7 Å². The van der Waals surface area contributed by atoms with Crippen LogP contribution in [0.2, 0.25) is 9.94 Å². The Balaban J connectivity index is 3.32. The number of hydrogen-bond donors (Lipinski definition) is 1. The second kappa shape index (κ2) is 5.88. The average molecular weight is 518 g/mol. The normalized spacial score (nSPS) is 15.6. The molecular formula is C6H16I2O3Te. The Morgan fingerprint density at radius 1 is 1.17 bits per heavy atom. The van der Waals surface area contributed by atoms with Gasteiger partial charge >= 0.3 is 96.0 Å². The van der Waals surface area contributed by atoms with Gasteiger partial charge in [-0.25, -0.2) is 0 Å². The Morgan fingerprint density at radius 3 is 2.17 bits per heavy atom. The van der Waals surface area contributed by atoms with Crippen molar-refractivity contribution in [3.63, 3.8) is 0 Å². The van der Waals surface area contributed by atoms with Gasteiger partial charge < -0.3 is 0 Å². The molecule has 0 aromatic heterocycles. The molecule has 0 unspecified atom stereocenters. The molecule has 78 valence electrons. The van der Waals surface area contributed by atoms with Gasteiger partial charge in [-0.05, 0) is 0 Å². The van der Waals surface area contributed by atoms with Gasteiger partial charge in [0.05, 0.1) is 0 Å². The van der Waals surface area contributed by atoms with E-state index in [1.807, 2.05) is 0 Å². The third kappa shape index (κ3) is 12.1. The molecule has 3 nitrogen and oxygen atoms in total. The fourth-order valence-electron chi connectivity index (χ4n) is 0.514. The van der Waals surface area contributed by atoms with E-state index in [0.29, 0.717) is 19.8 Å². The Bertz CT molecular complexity index is 125. The van der Waals surface area contributed by atoms with E-state index in [-0.39, 0.29) is 6.61 Å². The van der Waals surface area contributed by atoms with Gasteiger partial charge in [-0.1, -0.05) is 0 Å². The summed E-state index contributed by atoms with van der Waals surface area (Å²) < 4.78 is 10.8. The molecule has 0 aliphatic rings. The summed E-state index contributed by atoms with van der Waals surface area (Å²) in [5.41, 5.74) is 0. The molecule has 12 heavy (non-hydrogen) atoms. The van der Waals surface area contributed by atoms with E-state index in [2.05, 4.69) is 47.3 Å². The number of halogens is 2. The van der Waals surface area contributed by atoms with Crippen LogP contribution >= 0.6 is 37.4 Å². The van der Waals surface area contributed by atoms with Crippen LogP contribution < -0.4 is 0 Å². The second-order valence-corrected chi connectivity index (χ2v) is 63.3. The zero-order valence-electron chi connectivity index (χ0n) is 7.30. The molecule has 0 saturated carbocycles. The number of aliphatic hydroxyl groups is 1. The molecule has 0 rings (SSSR count). The SMILES string of the molecule is C[TeH](C)(I)(I)OCCOCCO. The molecule has 0 aliphatic carbocycles. The average Bonchev–Trinajstić information content (AvgIpc) is 1.83. The fourth-order valence-corrected chi connectivity index (χ4v) is 4.81. The summed E-state index contributed by atoms with van der Waals surface area (Å²) in [7, 11) is -2.59. The predicted molar refractivity (Wildman–Crippen MR) is 70.8 cm³/mol. The van der Waals surface area contributed by atoms with Crippen LogP contribution in [0.1, 0.15) is 0 Å². The van der Waals surface area contributed by atoms with Crippen molar-refractivity contribution in [2.75, 3.05) is 26.4 Å². The maximum absolute atomic E-state index is 8.42. The Hall–Kier alpha value is 2.13. The number of aliphatic hydroxyl groups excluding tert-OH is 1. The van der Waals surface area contributed by atoms with Crippen molar-refractivity contribution in [1.82, 2.24) is 0 Å². The predicted octanol–water partition coefficient (Wildman–Crippen LogP) is 1.77. The van der Waals surface area contributed by atoms with Crippen LogP contribution in [0.15, 0.2) is 0 Å². The summed E-state index contributed by atoms with van der Waals surface area (Å²) in [5.74, 6) is 0. The van der Waals surface area contributed by atoms with E-state index < -0.39 is 9.33 Å². The molecule has 0 spiro atoms. The van der Waals surface area contributed by atoms with Crippen molar-refractivity contribution in [3.05, 3.63) is 0 Å². The summed E-state index contributed by atoms with van der Waals surface area (Å²) in [6, 6.07) is 0. The van der Waals surface area contributed by atoms with Gasteiger partial charge in [-0.2, -0.15) is 0 Å². The van der Waals surface area contributed by atoms with E-state index in [1.165, 1.54) is 0 Å². The minimum atomic E-state index is -2.59. The molecule has 0 saturated heterocycles. The molecule has 0 aromatic rings. The molecule has 0 bridgehead atoms. The number of ether oxygens (including phenoxy) is 1. The standard InChI is InChI=1S/C6H16I2O3Te/c1-12(2,7,8)11-6-5-10-4-3-9/h9,12H,3-6H2,1-2H3. The minimum absolute atomic E-state index is 0.0855. The third-order valence-corrected chi connectivity index (χ3v) is 7.20. The third-order valence-electron chi connectivity index (χ3n) is 0.910. The molecule has 0 aliphatic heterocycles. The zero-order valence-corrected chi connectivity index (χ0v) is 14.2. The van der Waals surface area contributed by atoms with Gasteiger partial charge in [-0.15, -0.1) is 0 Å². The van der Waals surface area contributed by atoms with Crippen LogP contribution in [0.5, 0.6) is 0 Å². The molecule has 1 N–H and O–H groups in total. The molecular weight excluding hydrogens is 501 g/mol. The van der Waals surface area contributed by atoms with E-state index in [0.717, 1.165) is 0 Å². The first-order valence-electron chi connectivity index (χ1n) is 3.60. The maximum atomic E-state index is 8.42. The number of hydrogen-bond acceptors (Lipinski definition) is 3. The summed E-state index contributed by atoms with van der Waals surface area (Å²) in [4.78, 5) is 4.39. The fraction of sp³-hybridized carbons (Fsp3) is 1.00. The molecule has 0 atom stereocenters. The molecule has 0 radical (unpaired) electrons. The van der Waals surface area contributed by atoms with E-state index in [4.69, 9.17) is 12.9 Å².